The van der Waals surface area contributed by atoms with Gasteiger partial charge in [-0.1, -0.05) is 27.7 Å². The number of hydrogen-bond donors (Lipinski definition) is 2. The van der Waals surface area contributed by atoms with Crippen LogP contribution in [0.5, 0.6) is 0 Å². The molecule has 3 atom stereocenters. The zero-order valence-corrected chi connectivity index (χ0v) is 10.4. The molecule has 0 aromatic heterocycles. The second-order valence-electron chi connectivity index (χ2n) is 5.41. The van der Waals surface area contributed by atoms with E-state index in [0.29, 0.717) is 12.5 Å². The summed E-state index contributed by atoms with van der Waals surface area (Å²) in [6.07, 6.45) is -0.151. The van der Waals surface area contributed by atoms with E-state index in [-0.39, 0.29) is 11.3 Å². The van der Waals surface area contributed by atoms with Crippen molar-refractivity contribution in [2.75, 3.05) is 6.61 Å². The fourth-order valence-corrected chi connectivity index (χ4v) is 2.42. The summed E-state index contributed by atoms with van der Waals surface area (Å²) in [4.78, 5) is 11.0. The van der Waals surface area contributed by atoms with Gasteiger partial charge in [-0.2, -0.15) is 0 Å². The van der Waals surface area contributed by atoms with E-state index in [0.717, 1.165) is 6.42 Å². The van der Waals surface area contributed by atoms with E-state index >= 15 is 0 Å². The SMILES string of the molecule is CC1C(OC(=O)NN)OCCC1C(C)(C)C. The van der Waals surface area contributed by atoms with Crippen molar-refractivity contribution in [2.24, 2.45) is 23.1 Å². The summed E-state index contributed by atoms with van der Waals surface area (Å²) in [5, 5.41) is 0. The molecule has 1 rings (SSSR count). The van der Waals surface area contributed by atoms with Crippen LogP contribution in [-0.4, -0.2) is 19.0 Å². The normalized spacial score (nSPS) is 30.9. The van der Waals surface area contributed by atoms with Gasteiger partial charge in [-0.15, -0.1) is 0 Å². The molecule has 5 heteroatoms. The van der Waals surface area contributed by atoms with E-state index in [4.69, 9.17) is 15.3 Å². The molecule has 0 spiro atoms. The lowest BCUT2D eigenvalue weighted by molar-refractivity contribution is -0.186. The molecule has 0 bridgehead atoms. The van der Waals surface area contributed by atoms with Crippen molar-refractivity contribution in [1.29, 1.82) is 0 Å². The first-order valence-electron chi connectivity index (χ1n) is 5.65. The third-order valence-electron chi connectivity index (χ3n) is 3.23. The van der Waals surface area contributed by atoms with E-state index in [1.807, 2.05) is 12.3 Å². The van der Waals surface area contributed by atoms with Crippen LogP contribution in [0.25, 0.3) is 0 Å². The van der Waals surface area contributed by atoms with Gasteiger partial charge >= 0.3 is 6.09 Å². The Morgan fingerprint density at radius 3 is 2.62 bits per heavy atom. The highest BCUT2D eigenvalue weighted by Crippen LogP contribution is 2.40. The Labute approximate surface area is 96.6 Å². The number of rotatable bonds is 1. The molecule has 0 radical (unpaired) electrons. The number of carbonyl (C=O) groups is 1. The van der Waals surface area contributed by atoms with Gasteiger partial charge in [0.2, 0.25) is 6.29 Å². The molecule has 1 amide bonds. The topological polar surface area (TPSA) is 73.6 Å². The lowest BCUT2D eigenvalue weighted by atomic mass is 9.71. The molecule has 1 fully saturated rings. The van der Waals surface area contributed by atoms with E-state index in [2.05, 4.69) is 20.8 Å². The van der Waals surface area contributed by atoms with Crippen molar-refractivity contribution >= 4 is 6.09 Å². The molecule has 1 aliphatic heterocycles. The minimum atomic E-state index is -0.647. The van der Waals surface area contributed by atoms with Crippen molar-refractivity contribution < 1.29 is 14.3 Å². The Kier molecular flexibility index (Phi) is 4.15. The van der Waals surface area contributed by atoms with Gasteiger partial charge in [-0.3, -0.25) is 5.43 Å². The van der Waals surface area contributed by atoms with Crippen LogP contribution in [0.2, 0.25) is 0 Å². The van der Waals surface area contributed by atoms with Crippen molar-refractivity contribution in [1.82, 2.24) is 5.43 Å². The van der Waals surface area contributed by atoms with Gasteiger partial charge in [0.1, 0.15) is 0 Å². The summed E-state index contributed by atoms with van der Waals surface area (Å²) >= 11 is 0. The minimum Gasteiger partial charge on any atom is -0.418 e. The zero-order chi connectivity index (χ0) is 12.3. The van der Waals surface area contributed by atoms with Gasteiger partial charge in [0.15, 0.2) is 0 Å². The summed E-state index contributed by atoms with van der Waals surface area (Å²) in [5.41, 5.74) is 2.13. The Bertz CT molecular complexity index is 250. The van der Waals surface area contributed by atoms with E-state index in [1.54, 1.807) is 0 Å². The predicted octanol–water partition coefficient (Wildman–Crippen LogP) is 1.63. The first-order valence-corrected chi connectivity index (χ1v) is 5.65. The zero-order valence-electron chi connectivity index (χ0n) is 10.4. The van der Waals surface area contributed by atoms with Gasteiger partial charge in [-0.25, -0.2) is 10.6 Å². The van der Waals surface area contributed by atoms with Crippen LogP contribution in [-0.2, 0) is 9.47 Å². The summed E-state index contributed by atoms with van der Waals surface area (Å²) in [5.74, 6) is 5.62. The molecule has 94 valence electrons. The molecule has 1 heterocycles. The minimum absolute atomic E-state index is 0.172. The third-order valence-corrected chi connectivity index (χ3v) is 3.23. The average Bonchev–Trinajstić information content (AvgIpc) is 2.19. The Balaban J connectivity index is 2.64. The monoisotopic (exact) mass is 230 g/mol. The summed E-state index contributed by atoms with van der Waals surface area (Å²) in [6.45, 7) is 9.25. The number of carbonyl (C=O) groups excluding carboxylic acids is 1. The van der Waals surface area contributed by atoms with E-state index in [9.17, 15) is 4.79 Å². The van der Waals surface area contributed by atoms with Gasteiger partial charge in [0.05, 0.1) is 6.61 Å². The van der Waals surface area contributed by atoms with Crippen LogP contribution in [0.4, 0.5) is 4.79 Å². The summed E-state index contributed by atoms with van der Waals surface area (Å²) in [7, 11) is 0. The molecule has 0 aromatic carbocycles. The average molecular weight is 230 g/mol. The van der Waals surface area contributed by atoms with Crippen LogP contribution < -0.4 is 11.3 Å². The maximum absolute atomic E-state index is 11.0. The number of ether oxygens (including phenoxy) is 2. The molecule has 3 unspecified atom stereocenters. The van der Waals surface area contributed by atoms with E-state index in [1.165, 1.54) is 0 Å². The second-order valence-corrected chi connectivity index (χ2v) is 5.41. The van der Waals surface area contributed by atoms with Crippen LogP contribution in [0.1, 0.15) is 34.1 Å². The highest BCUT2D eigenvalue weighted by Gasteiger charge is 2.39. The van der Waals surface area contributed by atoms with E-state index < -0.39 is 12.4 Å². The third kappa shape index (κ3) is 3.09. The maximum atomic E-state index is 11.0. The van der Waals surface area contributed by atoms with Crippen LogP contribution in [0, 0.1) is 17.3 Å². The lowest BCUT2D eigenvalue weighted by Crippen LogP contribution is -2.45. The summed E-state index contributed by atoms with van der Waals surface area (Å²) < 4.78 is 10.5. The Hall–Kier alpha value is -0.810. The molecule has 1 aliphatic rings. The highest BCUT2D eigenvalue weighted by atomic mass is 16.7. The largest absolute Gasteiger partial charge is 0.423 e. The number of nitrogens with one attached hydrogen (secondary N) is 1. The van der Waals surface area contributed by atoms with Crippen molar-refractivity contribution in [3.8, 4) is 0 Å². The number of nitrogens with two attached hydrogens (primary N) is 1. The Morgan fingerprint density at radius 1 is 1.50 bits per heavy atom. The number of amides is 1. The van der Waals surface area contributed by atoms with Crippen molar-refractivity contribution in [3.05, 3.63) is 0 Å². The first-order chi connectivity index (χ1) is 7.36. The molecular formula is C11H22N2O3. The Morgan fingerprint density at radius 2 is 2.12 bits per heavy atom. The predicted molar refractivity (Wildman–Crippen MR) is 60.3 cm³/mol. The van der Waals surface area contributed by atoms with Crippen LogP contribution >= 0.6 is 0 Å². The molecule has 5 nitrogen and oxygen atoms in total. The first kappa shape index (κ1) is 13.3. The standard InChI is InChI=1S/C11H22N2O3/c1-7-8(11(2,3)4)5-6-15-9(7)16-10(14)13-12/h7-9H,5-6,12H2,1-4H3,(H,13,14). The van der Waals surface area contributed by atoms with Gasteiger partial charge in [-0.05, 0) is 17.8 Å². The highest BCUT2D eigenvalue weighted by molar-refractivity contribution is 5.66. The van der Waals surface area contributed by atoms with Crippen molar-refractivity contribution in [3.63, 3.8) is 0 Å². The fraction of sp³-hybridized carbons (Fsp3) is 0.909. The molecule has 0 aliphatic carbocycles. The van der Waals surface area contributed by atoms with Crippen LogP contribution in [0.3, 0.4) is 0 Å². The lowest BCUT2D eigenvalue weighted by Gasteiger charge is -2.42. The quantitative estimate of drug-likeness (QED) is 0.408. The molecule has 0 saturated carbocycles. The van der Waals surface area contributed by atoms with Gasteiger partial charge in [0, 0.05) is 5.92 Å². The van der Waals surface area contributed by atoms with Gasteiger partial charge < -0.3 is 9.47 Å². The van der Waals surface area contributed by atoms with Crippen LogP contribution in [0.15, 0.2) is 0 Å². The fourth-order valence-electron chi connectivity index (χ4n) is 2.42. The maximum Gasteiger partial charge on any atom is 0.423 e. The molecule has 0 aromatic rings. The smallest absolute Gasteiger partial charge is 0.418 e. The number of hydrogen-bond acceptors (Lipinski definition) is 4. The molecule has 1 saturated heterocycles. The molecular weight excluding hydrogens is 208 g/mol. The number of hydrazine groups is 1. The molecule has 16 heavy (non-hydrogen) atoms. The molecule has 3 N–H and O–H groups in total. The van der Waals surface area contributed by atoms with Gasteiger partial charge in [0.25, 0.3) is 0 Å². The summed E-state index contributed by atoms with van der Waals surface area (Å²) in [6, 6.07) is 0. The second kappa shape index (κ2) is 5.01. The van der Waals surface area contributed by atoms with Crippen molar-refractivity contribution in [2.45, 2.75) is 40.4 Å².